The minimum atomic E-state index is 0.691. The van der Waals surface area contributed by atoms with E-state index >= 15 is 0 Å². The number of rotatable bonds is 5. The molecule has 1 N–H and O–H groups in total. The van der Waals surface area contributed by atoms with Crippen LogP contribution >= 0.6 is 0 Å². The molecule has 0 aliphatic carbocycles. The number of nitrogens with one attached hydrogen (secondary N) is 1. The Morgan fingerprint density at radius 3 is 3.18 bits per heavy atom. The topological polar surface area (TPSA) is 28.2 Å². The second-order valence-corrected chi connectivity index (χ2v) is 4.84. The Labute approximate surface area is 104 Å². The molecule has 1 saturated heterocycles. The van der Waals surface area contributed by atoms with E-state index in [1.165, 1.54) is 30.6 Å². The van der Waals surface area contributed by atoms with Crippen molar-refractivity contribution in [3.63, 3.8) is 0 Å². The molecule has 1 fully saturated rings. The standard InChI is InChI=1S/C14H23N3/c1-3-15-10-13-7-5-9-17(13)11-14-12(2)6-4-8-16-14/h4,6,8,13,15H,3,5,7,9-11H2,1-2H3. The van der Waals surface area contributed by atoms with Gasteiger partial charge in [-0.25, -0.2) is 0 Å². The number of aryl methyl sites for hydroxylation is 1. The van der Waals surface area contributed by atoms with Gasteiger partial charge in [-0.05, 0) is 44.5 Å². The van der Waals surface area contributed by atoms with Crippen LogP contribution < -0.4 is 5.32 Å². The Balaban J connectivity index is 1.95. The lowest BCUT2D eigenvalue weighted by atomic mass is 10.2. The fourth-order valence-corrected chi connectivity index (χ4v) is 2.52. The van der Waals surface area contributed by atoms with Crippen LogP contribution in [-0.4, -0.2) is 35.6 Å². The van der Waals surface area contributed by atoms with Crippen molar-refractivity contribution in [1.29, 1.82) is 0 Å². The second kappa shape index (κ2) is 6.12. The highest BCUT2D eigenvalue weighted by Gasteiger charge is 2.24. The van der Waals surface area contributed by atoms with Crippen molar-refractivity contribution in [2.24, 2.45) is 0 Å². The maximum Gasteiger partial charge on any atom is 0.0573 e. The summed E-state index contributed by atoms with van der Waals surface area (Å²) < 4.78 is 0. The highest BCUT2D eigenvalue weighted by atomic mass is 15.2. The quantitative estimate of drug-likeness (QED) is 0.842. The first-order chi connectivity index (χ1) is 8.31. The largest absolute Gasteiger partial charge is 0.315 e. The first-order valence-electron chi connectivity index (χ1n) is 6.66. The van der Waals surface area contributed by atoms with E-state index in [2.05, 4.69) is 35.1 Å². The summed E-state index contributed by atoms with van der Waals surface area (Å²) >= 11 is 0. The van der Waals surface area contributed by atoms with Crippen molar-refractivity contribution >= 4 is 0 Å². The lowest BCUT2D eigenvalue weighted by Crippen LogP contribution is -2.37. The molecule has 94 valence electrons. The van der Waals surface area contributed by atoms with E-state index in [1.807, 2.05) is 12.3 Å². The second-order valence-electron chi connectivity index (χ2n) is 4.84. The van der Waals surface area contributed by atoms with Gasteiger partial charge < -0.3 is 5.32 Å². The molecule has 1 aliphatic rings. The van der Waals surface area contributed by atoms with Gasteiger partial charge in [0.1, 0.15) is 0 Å². The van der Waals surface area contributed by atoms with E-state index in [0.29, 0.717) is 6.04 Å². The van der Waals surface area contributed by atoms with E-state index in [0.717, 1.165) is 19.6 Å². The smallest absolute Gasteiger partial charge is 0.0573 e. The molecule has 1 aromatic rings. The van der Waals surface area contributed by atoms with Crippen LogP contribution in [0.2, 0.25) is 0 Å². The van der Waals surface area contributed by atoms with Crippen molar-refractivity contribution in [1.82, 2.24) is 15.2 Å². The Hall–Kier alpha value is -0.930. The zero-order chi connectivity index (χ0) is 12.1. The molecule has 0 saturated carbocycles. The molecule has 0 amide bonds. The van der Waals surface area contributed by atoms with Gasteiger partial charge in [0.2, 0.25) is 0 Å². The van der Waals surface area contributed by atoms with Crippen LogP contribution in [0.15, 0.2) is 18.3 Å². The molecule has 2 rings (SSSR count). The summed E-state index contributed by atoms with van der Waals surface area (Å²) in [5.41, 5.74) is 2.54. The number of nitrogens with zero attached hydrogens (tertiary/aromatic N) is 2. The normalized spacial score (nSPS) is 20.9. The Bertz CT molecular complexity index is 351. The van der Waals surface area contributed by atoms with Gasteiger partial charge in [-0.3, -0.25) is 9.88 Å². The van der Waals surface area contributed by atoms with Crippen molar-refractivity contribution < 1.29 is 0 Å². The molecular formula is C14H23N3. The number of hydrogen-bond donors (Lipinski definition) is 1. The monoisotopic (exact) mass is 233 g/mol. The Morgan fingerprint density at radius 1 is 1.53 bits per heavy atom. The van der Waals surface area contributed by atoms with Crippen LogP contribution in [0.4, 0.5) is 0 Å². The van der Waals surface area contributed by atoms with Gasteiger partial charge in [-0.1, -0.05) is 13.0 Å². The summed E-state index contributed by atoms with van der Waals surface area (Å²) in [4.78, 5) is 7.06. The van der Waals surface area contributed by atoms with Gasteiger partial charge in [-0.15, -0.1) is 0 Å². The maximum atomic E-state index is 4.49. The van der Waals surface area contributed by atoms with Gasteiger partial charge in [0.25, 0.3) is 0 Å². The summed E-state index contributed by atoms with van der Waals surface area (Å²) in [5.74, 6) is 0. The molecule has 1 atom stereocenters. The minimum absolute atomic E-state index is 0.691. The van der Waals surface area contributed by atoms with Crippen LogP contribution in [0.25, 0.3) is 0 Å². The van der Waals surface area contributed by atoms with Crippen molar-refractivity contribution in [2.75, 3.05) is 19.6 Å². The predicted octanol–water partition coefficient (Wildman–Crippen LogP) is 1.96. The third-order valence-electron chi connectivity index (χ3n) is 3.60. The maximum absolute atomic E-state index is 4.49. The molecule has 1 aromatic heterocycles. The Kier molecular flexibility index (Phi) is 4.51. The fourth-order valence-electron chi connectivity index (χ4n) is 2.52. The van der Waals surface area contributed by atoms with Crippen molar-refractivity contribution in [2.45, 2.75) is 39.3 Å². The molecule has 0 aromatic carbocycles. The fraction of sp³-hybridized carbons (Fsp3) is 0.643. The van der Waals surface area contributed by atoms with Crippen molar-refractivity contribution in [3.8, 4) is 0 Å². The summed E-state index contributed by atoms with van der Waals surface area (Å²) in [6.07, 6.45) is 4.54. The van der Waals surface area contributed by atoms with Crippen LogP contribution in [0, 0.1) is 6.92 Å². The summed E-state index contributed by atoms with van der Waals surface area (Å²) in [6, 6.07) is 4.85. The Morgan fingerprint density at radius 2 is 2.41 bits per heavy atom. The molecule has 17 heavy (non-hydrogen) atoms. The van der Waals surface area contributed by atoms with Gasteiger partial charge >= 0.3 is 0 Å². The molecule has 3 heteroatoms. The van der Waals surface area contributed by atoms with E-state index in [-0.39, 0.29) is 0 Å². The van der Waals surface area contributed by atoms with E-state index in [1.54, 1.807) is 0 Å². The lowest BCUT2D eigenvalue weighted by Gasteiger charge is -2.24. The lowest BCUT2D eigenvalue weighted by molar-refractivity contribution is 0.237. The average Bonchev–Trinajstić information content (AvgIpc) is 2.77. The van der Waals surface area contributed by atoms with Gasteiger partial charge in [0, 0.05) is 25.3 Å². The number of likely N-dealkylation sites (tertiary alicyclic amines) is 1. The van der Waals surface area contributed by atoms with Crippen LogP contribution in [0.3, 0.4) is 0 Å². The molecule has 1 aliphatic heterocycles. The van der Waals surface area contributed by atoms with E-state index < -0.39 is 0 Å². The summed E-state index contributed by atoms with van der Waals surface area (Å²) in [6.45, 7) is 8.71. The number of hydrogen-bond acceptors (Lipinski definition) is 3. The van der Waals surface area contributed by atoms with Crippen molar-refractivity contribution in [3.05, 3.63) is 29.6 Å². The predicted molar refractivity (Wildman–Crippen MR) is 70.9 cm³/mol. The highest BCUT2D eigenvalue weighted by Crippen LogP contribution is 2.19. The molecule has 0 radical (unpaired) electrons. The number of likely N-dealkylation sites (N-methyl/N-ethyl adjacent to an activating group) is 1. The summed E-state index contributed by atoms with van der Waals surface area (Å²) in [7, 11) is 0. The SMILES string of the molecule is CCNCC1CCCN1Cc1ncccc1C. The minimum Gasteiger partial charge on any atom is -0.315 e. The third-order valence-corrected chi connectivity index (χ3v) is 3.60. The molecule has 3 nitrogen and oxygen atoms in total. The number of aromatic nitrogens is 1. The third kappa shape index (κ3) is 3.27. The van der Waals surface area contributed by atoms with Gasteiger partial charge in [-0.2, -0.15) is 0 Å². The number of pyridine rings is 1. The van der Waals surface area contributed by atoms with E-state index in [4.69, 9.17) is 0 Å². The molecule has 1 unspecified atom stereocenters. The zero-order valence-corrected chi connectivity index (χ0v) is 10.9. The zero-order valence-electron chi connectivity index (χ0n) is 10.9. The molecule has 2 heterocycles. The van der Waals surface area contributed by atoms with Gasteiger partial charge in [0.05, 0.1) is 5.69 Å². The van der Waals surface area contributed by atoms with Crippen LogP contribution in [-0.2, 0) is 6.54 Å². The van der Waals surface area contributed by atoms with Crippen LogP contribution in [0.5, 0.6) is 0 Å². The highest BCUT2D eigenvalue weighted by molar-refractivity contribution is 5.17. The first-order valence-corrected chi connectivity index (χ1v) is 6.66. The average molecular weight is 233 g/mol. The molecule has 0 bridgehead atoms. The van der Waals surface area contributed by atoms with Gasteiger partial charge in [0.15, 0.2) is 0 Å². The van der Waals surface area contributed by atoms with Crippen LogP contribution in [0.1, 0.15) is 31.0 Å². The summed E-state index contributed by atoms with van der Waals surface area (Å²) in [5, 5.41) is 3.46. The first kappa shape index (κ1) is 12.5. The molecule has 0 spiro atoms. The molecular weight excluding hydrogens is 210 g/mol. The van der Waals surface area contributed by atoms with E-state index in [9.17, 15) is 0 Å².